The SMILES string of the molecule is NC(=S)c1ccc(Cl)c(N2C(=O)C3CCCC3C2=O)c1. The first-order valence-electron chi connectivity index (χ1n) is 6.48. The van der Waals surface area contributed by atoms with Crippen LogP contribution in [0.4, 0.5) is 5.69 Å². The molecule has 20 heavy (non-hydrogen) atoms. The molecule has 0 spiro atoms. The summed E-state index contributed by atoms with van der Waals surface area (Å²) < 4.78 is 0. The van der Waals surface area contributed by atoms with Gasteiger partial charge < -0.3 is 5.73 Å². The maximum Gasteiger partial charge on any atom is 0.237 e. The Hall–Kier alpha value is -1.46. The Morgan fingerprint density at radius 1 is 1.25 bits per heavy atom. The summed E-state index contributed by atoms with van der Waals surface area (Å²) in [5, 5.41) is 0.353. The number of carbonyl (C=O) groups is 2. The van der Waals surface area contributed by atoms with Crippen molar-refractivity contribution in [3.63, 3.8) is 0 Å². The number of amides is 2. The van der Waals surface area contributed by atoms with Gasteiger partial charge in [0.1, 0.15) is 4.99 Å². The molecule has 2 amide bonds. The first kappa shape index (κ1) is 13.5. The number of benzene rings is 1. The fourth-order valence-electron chi connectivity index (χ4n) is 3.07. The van der Waals surface area contributed by atoms with E-state index in [0.717, 1.165) is 19.3 Å². The zero-order valence-corrected chi connectivity index (χ0v) is 12.2. The van der Waals surface area contributed by atoms with Crippen LogP contribution in [0.3, 0.4) is 0 Å². The lowest BCUT2D eigenvalue weighted by molar-refractivity contribution is -0.122. The molecule has 2 fully saturated rings. The molecule has 2 atom stereocenters. The Morgan fingerprint density at radius 2 is 1.85 bits per heavy atom. The number of thiocarbonyl (C=S) groups is 1. The molecule has 2 N–H and O–H groups in total. The maximum absolute atomic E-state index is 12.4. The van der Waals surface area contributed by atoms with Gasteiger partial charge in [0, 0.05) is 5.56 Å². The summed E-state index contributed by atoms with van der Waals surface area (Å²) in [6.45, 7) is 0. The van der Waals surface area contributed by atoms with Gasteiger partial charge in [0.15, 0.2) is 0 Å². The van der Waals surface area contributed by atoms with Crippen LogP contribution in [0.5, 0.6) is 0 Å². The van der Waals surface area contributed by atoms with E-state index in [1.165, 1.54) is 4.90 Å². The summed E-state index contributed by atoms with van der Waals surface area (Å²) in [5.41, 5.74) is 6.58. The second-order valence-electron chi connectivity index (χ2n) is 5.19. The highest BCUT2D eigenvalue weighted by atomic mass is 35.5. The normalized spacial score (nSPS) is 25.1. The molecular formula is C14H13ClN2O2S. The second-order valence-corrected chi connectivity index (χ2v) is 6.03. The highest BCUT2D eigenvalue weighted by Crippen LogP contribution is 2.43. The number of hydrogen-bond acceptors (Lipinski definition) is 3. The lowest BCUT2D eigenvalue weighted by Crippen LogP contribution is -2.32. The van der Waals surface area contributed by atoms with Gasteiger partial charge in [0.25, 0.3) is 0 Å². The number of nitrogens with two attached hydrogens (primary N) is 1. The number of carbonyl (C=O) groups excluding carboxylic acids is 2. The summed E-state index contributed by atoms with van der Waals surface area (Å²) in [7, 11) is 0. The van der Waals surface area contributed by atoms with Gasteiger partial charge in [-0.1, -0.05) is 36.3 Å². The molecule has 0 aromatic heterocycles. The van der Waals surface area contributed by atoms with Gasteiger partial charge in [-0.15, -0.1) is 0 Å². The van der Waals surface area contributed by atoms with E-state index in [1.54, 1.807) is 18.2 Å². The van der Waals surface area contributed by atoms with Crippen LogP contribution in [0.15, 0.2) is 18.2 Å². The predicted molar refractivity (Wildman–Crippen MR) is 80.7 cm³/mol. The van der Waals surface area contributed by atoms with Gasteiger partial charge in [0.2, 0.25) is 11.8 Å². The molecule has 1 saturated heterocycles. The van der Waals surface area contributed by atoms with Crippen molar-refractivity contribution < 1.29 is 9.59 Å². The van der Waals surface area contributed by atoms with E-state index in [1.807, 2.05) is 0 Å². The number of anilines is 1. The van der Waals surface area contributed by atoms with Crippen LogP contribution in [-0.2, 0) is 9.59 Å². The maximum atomic E-state index is 12.4. The van der Waals surface area contributed by atoms with Crippen LogP contribution in [0.2, 0.25) is 5.02 Å². The van der Waals surface area contributed by atoms with E-state index < -0.39 is 0 Å². The van der Waals surface area contributed by atoms with Gasteiger partial charge >= 0.3 is 0 Å². The summed E-state index contributed by atoms with van der Waals surface area (Å²) in [6.07, 6.45) is 2.48. The zero-order valence-electron chi connectivity index (χ0n) is 10.6. The predicted octanol–water partition coefficient (Wildman–Crippen LogP) is 2.26. The minimum atomic E-state index is -0.188. The van der Waals surface area contributed by atoms with Crippen molar-refractivity contribution in [2.75, 3.05) is 4.90 Å². The molecule has 1 aliphatic heterocycles. The lowest BCUT2D eigenvalue weighted by atomic mass is 10.00. The third-order valence-corrected chi connectivity index (χ3v) is 4.62. The van der Waals surface area contributed by atoms with Crippen molar-refractivity contribution in [2.45, 2.75) is 19.3 Å². The lowest BCUT2D eigenvalue weighted by Gasteiger charge is -2.18. The fourth-order valence-corrected chi connectivity index (χ4v) is 3.40. The van der Waals surface area contributed by atoms with Crippen LogP contribution in [-0.4, -0.2) is 16.8 Å². The third kappa shape index (κ3) is 1.93. The molecule has 1 saturated carbocycles. The molecule has 1 aromatic rings. The number of nitrogens with zero attached hydrogens (tertiary/aromatic N) is 1. The summed E-state index contributed by atoms with van der Waals surface area (Å²) >= 11 is 11.1. The van der Waals surface area contributed by atoms with E-state index in [-0.39, 0.29) is 28.6 Å². The smallest absolute Gasteiger partial charge is 0.237 e. The second kappa shape index (κ2) is 4.82. The minimum absolute atomic E-state index is 0.153. The average molecular weight is 309 g/mol. The van der Waals surface area contributed by atoms with Crippen molar-refractivity contribution in [1.82, 2.24) is 0 Å². The van der Waals surface area contributed by atoms with E-state index in [4.69, 9.17) is 29.6 Å². The highest BCUT2D eigenvalue weighted by Gasteiger charge is 2.50. The Bertz CT molecular complexity index is 610. The molecule has 4 nitrogen and oxygen atoms in total. The number of halogens is 1. The molecule has 104 valence electrons. The van der Waals surface area contributed by atoms with Crippen LogP contribution < -0.4 is 10.6 Å². The third-order valence-electron chi connectivity index (χ3n) is 4.06. The van der Waals surface area contributed by atoms with Crippen LogP contribution >= 0.6 is 23.8 Å². The number of imide groups is 1. The molecule has 1 aliphatic carbocycles. The quantitative estimate of drug-likeness (QED) is 0.672. The largest absolute Gasteiger partial charge is 0.389 e. The van der Waals surface area contributed by atoms with Crippen molar-refractivity contribution in [2.24, 2.45) is 17.6 Å². The van der Waals surface area contributed by atoms with Gasteiger partial charge in [-0.05, 0) is 25.0 Å². The Morgan fingerprint density at radius 3 is 2.40 bits per heavy atom. The van der Waals surface area contributed by atoms with Gasteiger partial charge in [-0.3, -0.25) is 9.59 Å². The topological polar surface area (TPSA) is 63.4 Å². The van der Waals surface area contributed by atoms with Crippen molar-refractivity contribution in [3.8, 4) is 0 Å². The molecule has 1 aromatic carbocycles. The standard InChI is InChI=1S/C14H13ClN2O2S/c15-10-5-4-7(12(16)20)6-11(10)17-13(18)8-2-1-3-9(8)14(17)19/h4-6,8-9H,1-3H2,(H2,16,20). The van der Waals surface area contributed by atoms with Crippen LogP contribution in [0.1, 0.15) is 24.8 Å². The van der Waals surface area contributed by atoms with Gasteiger partial charge in [-0.25, -0.2) is 4.90 Å². The molecule has 0 radical (unpaired) electrons. The van der Waals surface area contributed by atoms with Gasteiger partial charge in [-0.2, -0.15) is 0 Å². The Kier molecular flexibility index (Phi) is 3.26. The summed E-state index contributed by atoms with van der Waals surface area (Å²) in [4.78, 5) is 26.2. The highest BCUT2D eigenvalue weighted by molar-refractivity contribution is 7.80. The van der Waals surface area contributed by atoms with Crippen molar-refractivity contribution in [1.29, 1.82) is 0 Å². The first-order chi connectivity index (χ1) is 9.50. The Labute approximate surface area is 126 Å². The first-order valence-corrected chi connectivity index (χ1v) is 7.26. The molecular weight excluding hydrogens is 296 g/mol. The average Bonchev–Trinajstić information content (AvgIpc) is 2.96. The van der Waals surface area contributed by atoms with E-state index in [2.05, 4.69) is 0 Å². The van der Waals surface area contributed by atoms with E-state index in [9.17, 15) is 9.59 Å². The molecule has 0 bridgehead atoms. The molecule has 3 rings (SSSR count). The van der Waals surface area contributed by atoms with Gasteiger partial charge in [0.05, 0.1) is 22.5 Å². The number of hydrogen-bond donors (Lipinski definition) is 1. The summed E-state index contributed by atoms with van der Waals surface area (Å²) in [6, 6.07) is 4.90. The fraction of sp³-hybridized carbons (Fsp3) is 0.357. The monoisotopic (exact) mass is 308 g/mol. The van der Waals surface area contributed by atoms with Crippen molar-refractivity contribution in [3.05, 3.63) is 28.8 Å². The molecule has 6 heteroatoms. The van der Waals surface area contributed by atoms with E-state index >= 15 is 0 Å². The van der Waals surface area contributed by atoms with E-state index in [0.29, 0.717) is 16.3 Å². The molecule has 1 heterocycles. The van der Waals surface area contributed by atoms with Crippen molar-refractivity contribution >= 4 is 46.3 Å². The number of rotatable bonds is 2. The number of fused-ring (bicyclic) bond motifs is 1. The molecule has 2 aliphatic rings. The minimum Gasteiger partial charge on any atom is -0.389 e. The Balaban J connectivity index is 2.05. The van der Waals surface area contributed by atoms with Crippen LogP contribution in [0, 0.1) is 11.8 Å². The summed E-state index contributed by atoms with van der Waals surface area (Å²) in [5.74, 6) is -0.682. The molecule has 2 unspecified atom stereocenters. The zero-order chi connectivity index (χ0) is 14.4. The van der Waals surface area contributed by atoms with Crippen LogP contribution in [0.25, 0.3) is 0 Å².